The van der Waals surface area contributed by atoms with Gasteiger partial charge < -0.3 is 4.98 Å². The van der Waals surface area contributed by atoms with E-state index < -0.39 is 0 Å². The third-order valence-electron chi connectivity index (χ3n) is 3.49. The van der Waals surface area contributed by atoms with Crippen molar-refractivity contribution in [2.45, 2.75) is 19.4 Å². The standard InChI is InChI=1S/C14H14Cl2N2OS/c15-9-3-4-10(11(16)7-9)13-12(20-14(19)17-13)8-18-5-1-2-6-18/h3-4,7H,1-2,5-6,8H2,(H,17,19). The highest BCUT2D eigenvalue weighted by Crippen LogP contribution is 2.32. The van der Waals surface area contributed by atoms with Gasteiger partial charge >= 0.3 is 4.87 Å². The molecule has 0 spiro atoms. The smallest absolute Gasteiger partial charge is 0.305 e. The predicted molar refractivity (Wildman–Crippen MR) is 84.9 cm³/mol. The van der Waals surface area contributed by atoms with E-state index in [9.17, 15) is 4.79 Å². The molecule has 1 N–H and O–H groups in total. The molecule has 1 aromatic carbocycles. The van der Waals surface area contributed by atoms with Gasteiger partial charge in [0.2, 0.25) is 0 Å². The van der Waals surface area contributed by atoms with Crippen molar-refractivity contribution in [3.05, 3.63) is 42.8 Å². The second-order valence-corrected chi connectivity index (χ2v) is 6.83. The molecule has 0 radical (unpaired) electrons. The third kappa shape index (κ3) is 2.93. The molecule has 2 aromatic rings. The summed E-state index contributed by atoms with van der Waals surface area (Å²) in [6.45, 7) is 3.00. The van der Waals surface area contributed by atoms with E-state index in [-0.39, 0.29) is 4.87 Å². The van der Waals surface area contributed by atoms with Gasteiger partial charge in [-0.3, -0.25) is 9.69 Å². The molecule has 0 bridgehead atoms. The lowest BCUT2D eigenvalue weighted by Crippen LogP contribution is -2.18. The number of aromatic amines is 1. The molecule has 1 aliphatic heterocycles. The van der Waals surface area contributed by atoms with Crippen LogP contribution in [0.1, 0.15) is 17.7 Å². The summed E-state index contributed by atoms with van der Waals surface area (Å²) in [7, 11) is 0. The Morgan fingerprint density at radius 2 is 2.00 bits per heavy atom. The Balaban J connectivity index is 1.98. The average Bonchev–Trinajstić information content (AvgIpc) is 3.00. The molecule has 3 rings (SSSR count). The maximum atomic E-state index is 11.7. The van der Waals surface area contributed by atoms with Gasteiger partial charge in [0, 0.05) is 22.0 Å². The summed E-state index contributed by atoms with van der Waals surface area (Å²) in [5, 5.41) is 1.16. The molecule has 1 fully saturated rings. The van der Waals surface area contributed by atoms with Crippen LogP contribution in [0.5, 0.6) is 0 Å². The Labute approximate surface area is 131 Å². The molecule has 0 unspecified atom stereocenters. The lowest BCUT2D eigenvalue weighted by molar-refractivity contribution is 0.334. The summed E-state index contributed by atoms with van der Waals surface area (Å²) in [6, 6.07) is 5.35. The molecule has 1 aliphatic rings. The molecule has 1 aromatic heterocycles. The van der Waals surface area contributed by atoms with Gasteiger partial charge in [-0.05, 0) is 44.1 Å². The largest absolute Gasteiger partial charge is 0.312 e. The van der Waals surface area contributed by atoms with Crippen LogP contribution < -0.4 is 4.87 Å². The maximum Gasteiger partial charge on any atom is 0.305 e. The first kappa shape index (κ1) is 14.1. The number of aromatic nitrogens is 1. The van der Waals surface area contributed by atoms with Crippen molar-refractivity contribution in [3.63, 3.8) is 0 Å². The Morgan fingerprint density at radius 3 is 2.70 bits per heavy atom. The van der Waals surface area contributed by atoms with Crippen molar-refractivity contribution in [1.29, 1.82) is 0 Å². The summed E-state index contributed by atoms with van der Waals surface area (Å²) in [5.74, 6) is 0. The monoisotopic (exact) mass is 328 g/mol. The number of halogens is 2. The van der Waals surface area contributed by atoms with E-state index in [0.717, 1.165) is 35.8 Å². The van der Waals surface area contributed by atoms with Crippen LogP contribution in [0, 0.1) is 0 Å². The van der Waals surface area contributed by atoms with E-state index in [1.54, 1.807) is 12.1 Å². The summed E-state index contributed by atoms with van der Waals surface area (Å²) in [4.78, 5) is 18.0. The summed E-state index contributed by atoms with van der Waals surface area (Å²) in [5.41, 5.74) is 1.66. The first-order chi connectivity index (χ1) is 9.63. The number of hydrogen-bond acceptors (Lipinski definition) is 3. The number of likely N-dealkylation sites (tertiary alicyclic amines) is 1. The van der Waals surface area contributed by atoms with E-state index >= 15 is 0 Å². The number of rotatable bonds is 3. The van der Waals surface area contributed by atoms with Crippen molar-refractivity contribution in [3.8, 4) is 11.3 Å². The normalized spacial score (nSPS) is 15.9. The lowest BCUT2D eigenvalue weighted by Gasteiger charge is -2.14. The maximum absolute atomic E-state index is 11.7. The highest BCUT2D eigenvalue weighted by atomic mass is 35.5. The number of nitrogens with one attached hydrogen (secondary N) is 1. The molecule has 0 amide bonds. The molecule has 2 heterocycles. The minimum atomic E-state index is -0.0415. The Bertz CT molecular complexity index is 674. The van der Waals surface area contributed by atoms with E-state index in [1.165, 1.54) is 24.2 Å². The number of nitrogens with zero attached hydrogens (tertiary/aromatic N) is 1. The van der Waals surface area contributed by atoms with Crippen LogP contribution in [0.4, 0.5) is 0 Å². The molecular weight excluding hydrogens is 315 g/mol. The Morgan fingerprint density at radius 1 is 1.25 bits per heavy atom. The molecule has 106 valence electrons. The van der Waals surface area contributed by atoms with Crippen LogP contribution in [0.2, 0.25) is 10.0 Å². The van der Waals surface area contributed by atoms with Gasteiger partial charge in [0.15, 0.2) is 0 Å². The lowest BCUT2D eigenvalue weighted by atomic mass is 10.1. The van der Waals surface area contributed by atoms with Crippen molar-refractivity contribution >= 4 is 34.5 Å². The zero-order chi connectivity index (χ0) is 14.1. The first-order valence-electron chi connectivity index (χ1n) is 6.53. The van der Waals surface area contributed by atoms with Crippen LogP contribution in [-0.2, 0) is 6.54 Å². The van der Waals surface area contributed by atoms with Gasteiger partial charge in [0.1, 0.15) is 0 Å². The minimum absolute atomic E-state index is 0.0415. The van der Waals surface area contributed by atoms with Gasteiger partial charge in [-0.15, -0.1) is 0 Å². The van der Waals surface area contributed by atoms with E-state index in [2.05, 4.69) is 9.88 Å². The zero-order valence-corrected chi connectivity index (χ0v) is 13.1. The van der Waals surface area contributed by atoms with Crippen molar-refractivity contribution in [1.82, 2.24) is 9.88 Å². The molecule has 0 saturated carbocycles. The zero-order valence-electron chi connectivity index (χ0n) is 10.8. The van der Waals surface area contributed by atoms with Gasteiger partial charge in [0.05, 0.1) is 10.7 Å². The van der Waals surface area contributed by atoms with Crippen LogP contribution in [-0.4, -0.2) is 23.0 Å². The number of hydrogen-bond donors (Lipinski definition) is 1. The molecule has 0 aliphatic carbocycles. The topological polar surface area (TPSA) is 36.1 Å². The second-order valence-electron chi connectivity index (χ2n) is 4.92. The van der Waals surface area contributed by atoms with Gasteiger partial charge in [0.25, 0.3) is 0 Å². The fraction of sp³-hybridized carbons (Fsp3) is 0.357. The third-order valence-corrected chi connectivity index (χ3v) is 4.90. The highest BCUT2D eigenvalue weighted by Gasteiger charge is 2.18. The van der Waals surface area contributed by atoms with Crippen LogP contribution >= 0.6 is 34.5 Å². The van der Waals surface area contributed by atoms with Crippen molar-refractivity contribution in [2.75, 3.05) is 13.1 Å². The number of benzene rings is 1. The molecular formula is C14H14Cl2N2OS. The molecule has 1 saturated heterocycles. The number of H-pyrrole nitrogens is 1. The first-order valence-corrected chi connectivity index (χ1v) is 8.10. The summed E-state index contributed by atoms with van der Waals surface area (Å²) >= 11 is 13.4. The fourth-order valence-corrected chi connectivity index (χ4v) is 3.92. The Hall–Kier alpha value is -0.810. The van der Waals surface area contributed by atoms with E-state index in [4.69, 9.17) is 23.2 Å². The van der Waals surface area contributed by atoms with Crippen molar-refractivity contribution in [2.24, 2.45) is 0 Å². The van der Waals surface area contributed by atoms with Crippen LogP contribution in [0.3, 0.4) is 0 Å². The Kier molecular flexibility index (Phi) is 4.17. The minimum Gasteiger partial charge on any atom is -0.312 e. The molecule has 20 heavy (non-hydrogen) atoms. The van der Waals surface area contributed by atoms with Gasteiger partial charge in [-0.25, -0.2) is 0 Å². The average molecular weight is 329 g/mol. The second kappa shape index (κ2) is 5.90. The quantitative estimate of drug-likeness (QED) is 0.924. The van der Waals surface area contributed by atoms with E-state index in [1.807, 2.05) is 6.07 Å². The molecule has 0 atom stereocenters. The van der Waals surface area contributed by atoms with E-state index in [0.29, 0.717) is 10.0 Å². The van der Waals surface area contributed by atoms with Gasteiger partial charge in [-0.1, -0.05) is 34.5 Å². The van der Waals surface area contributed by atoms with Crippen molar-refractivity contribution < 1.29 is 0 Å². The van der Waals surface area contributed by atoms with Crippen LogP contribution in [0.15, 0.2) is 23.0 Å². The predicted octanol–water partition coefficient (Wildman–Crippen LogP) is 4.01. The number of thiazole rings is 1. The van der Waals surface area contributed by atoms with Gasteiger partial charge in [-0.2, -0.15) is 0 Å². The highest BCUT2D eigenvalue weighted by molar-refractivity contribution is 7.09. The van der Waals surface area contributed by atoms with Crippen LogP contribution in [0.25, 0.3) is 11.3 Å². The SMILES string of the molecule is O=c1[nH]c(-c2ccc(Cl)cc2Cl)c(CN2CCCC2)s1. The summed E-state index contributed by atoms with van der Waals surface area (Å²) < 4.78 is 0. The fourth-order valence-electron chi connectivity index (χ4n) is 2.53. The molecule has 3 nitrogen and oxygen atoms in total. The molecule has 6 heteroatoms. The summed E-state index contributed by atoms with van der Waals surface area (Å²) in [6.07, 6.45) is 2.46.